The molecule has 0 aliphatic heterocycles. The standard InChI is InChI=1S/C22H23BrN2O3/c1-5-25(6-2)16-8-7-15-11-17(22(27)28-19(15)12-16)21(26)24-20-14(4)9-13(3)10-18(20)23/h7-12H,5-6H2,1-4H3,(H,24,26). The van der Waals surface area contributed by atoms with E-state index in [0.29, 0.717) is 16.7 Å². The molecule has 6 heteroatoms. The van der Waals surface area contributed by atoms with Crippen molar-refractivity contribution in [1.29, 1.82) is 0 Å². The molecule has 146 valence electrons. The number of hydrogen-bond donors (Lipinski definition) is 1. The average molecular weight is 443 g/mol. The molecule has 1 amide bonds. The number of aryl methyl sites for hydroxylation is 2. The van der Waals surface area contributed by atoms with Gasteiger partial charge in [0.25, 0.3) is 5.91 Å². The van der Waals surface area contributed by atoms with E-state index in [-0.39, 0.29) is 5.56 Å². The number of carbonyl (C=O) groups is 1. The Kier molecular flexibility index (Phi) is 5.89. The molecule has 1 N–H and O–H groups in total. The lowest BCUT2D eigenvalue weighted by Gasteiger charge is -2.21. The molecule has 0 spiro atoms. The molecule has 1 heterocycles. The molecule has 0 atom stereocenters. The van der Waals surface area contributed by atoms with Gasteiger partial charge in [-0.05, 0) is 79.0 Å². The van der Waals surface area contributed by atoms with E-state index in [0.717, 1.165) is 34.4 Å². The maximum absolute atomic E-state index is 12.7. The number of nitrogens with one attached hydrogen (secondary N) is 1. The molecule has 0 unspecified atom stereocenters. The van der Waals surface area contributed by atoms with Crippen molar-refractivity contribution in [2.45, 2.75) is 27.7 Å². The Labute approximate surface area is 172 Å². The van der Waals surface area contributed by atoms with Gasteiger partial charge in [-0.1, -0.05) is 6.07 Å². The largest absolute Gasteiger partial charge is 0.422 e. The first-order chi connectivity index (χ1) is 13.3. The molecule has 2 aromatic carbocycles. The lowest BCUT2D eigenvalue weighted by molar-refractivity contribution is 0.102. The number of hydrogen-bond acceptors (Lipinski definition) is 4. The first-order valence-corrected chi connectivity index (χ1v) is 10.0. The Balaban J connectivity index is 1.97. The molecule has 28 heavy (non-hydrogen) atoms. The van der Waals surface area contributed by atoms with Crippen molar-refractivity contribution < 1.29 is 9.21 Å². The quantitative estimate of drug-likeness (QED) is 0.546. The number of fused-ring (bicyclic) bond motifs is 1. The van der Waals surface area contributed by atoms with E-state index < -0.39 is 11.5 Å². The predicted octanol–water partition coefficient (Wildman–Crippen LogP) is 5.27. The Hall–Kier alpha value is -2.60. The molecule has 0 saturated heterocycles. The third-order valence-corrected chi connectivity index (χ3v) is 5.39. The van der Waals surface area contributed by atoms with Crippen LogP contribution in [0.15, 0.2) is 50.1 Å². The van der Waals surface area contributed by atoms with Crippen LogP contribution in [-0.4, -0.2) is 19.0 Å². The number of nitrogens with zero attached hydrogens (tertiary/aromatic N) is 1. The van der Waals surface area contributed by atoms with Crippen molar-refractivity contribution >= 4 is 44.2 Å². The third kappa shape index (κ3) is 3.97. The van der Waals surface area contributed by atoms with Crippen LogP contribution in [-0.2, 0) is 0 Å². The summed E-state index contributed by atoms with van der Waals surface area (Å²) in [6.45, 7) is 9.75. The second kappa shape index (κ2) is 8.19. The summed E-state index contributed by atoms with van der Waals surface area (Å²) in [6.07, 6.45) is 0. The van der Waals surface area contributed by atoms with E-state index in [9.17, 15) is 9.59 Å². The van der Waals surface area contributed by atoms with Crippen LogP contribution in [0.25, 0.3) is 11.0 Å². The molecule has 0 bridgehead atoms. The first-order valence-electron chi connectivity index (χ1n) is 9.25. The Morgan fingerprint density at radius 1 is 1.11 bits per heavy atom. The maximum Gasteiger partial charge on any atom is 0.349 e. The average Bonchev–Trinajstić information content (AvgIpc) is 2.64. The fourth-order valence-corrected chi connectivity index (χ4v) is 4.07. The smallest absolute Gasteiger partial charge is 0.349 e. The van der Waals surface area contributed by atoms with Gasteiger partial charge in [0, 0.05) is 34.7 Å². The molecular weight excluding hydrogens is 420 g/mol. The van der Waals surface area contributed by atoms with Crippen molar-refractivity contribution in [1.82, 2.24) is 0 Å². The molecule has 0 aliphatic carbocycles. The van der Waals surface area contributed by atoms with Gasteiger partial charge >= 0.3 is 5.63 Å². The van der Waals surface area contributed by atoms with Crippen LogP contribution < -0.4 is 15.8 Å². The summed E-state index contributed by atoms with van der Waals surface area (Å²) in [5, 5.41) is 3.53. The second-order valence-electron chi connectivity index (χ2n) is 6.73. The van der Waals surface area contributed by atoms with E-state index in [1.54, 1.807) is 6.07 Å². The summed E-state index contributed by atoms with van der Waals surface area (Å²) in [5.41, 5.74) is 3.42. The van der Waals surface area contributed by atoms with Gasteiger partial charge in [-0.3, -0.25) is 4.79 Å². The van der Waals surface area contributed by atoms with Gasteiger partial charge in [0.1, 0.15) is 11.1 Å². The summed E-state index contributed by atoms with van der Waals surface area (Å²) in [5.74, 6) is -0.490. The van der Waals surface area contributed by atoms with Gasteiger partial charge in [-0.2, -0.15) is 0 Å². The zero-order valence-corrected chi connectivity index (χ0v) is 18.0. The summed E-state index contributed by atoms with van der Waals surface area (Å²) >= 11 is 3.47. The van der Waals surface area contributed by atoms with Gasteiger partial charge in [-0.25, -0.2) is 4.79 Å². The van der Waals surface area contributed by atoms with Crippen molar-refractivity contribution in [2.24, 2.45) is 0 Å². The maximum atomic E-state index is 12.7. The molecule has 3 rings (SSSR count). The zero-order valence-electron chi connectivity index (χ0n) is 16.4. The first kappa shape index (κ1) is 20.1. The lowest BCUT2D eigenvalue weighted by atomic mass is 10.1. The number of carbonyl (C=O) groups excluding carboxylic acids is 1. The molecule has 3 aromatic rings. The highest BCUT2D eigenvalue weighted by atomic mass is 79.9. The zero-order chi connectivity index (χ0) is 20.4. The van der Waals surface area contributed by atoms with Crippen LogP contribution in [0.3, 0.4) is 0 Å². The van der Waals surface area contributed by atoms with Crippen LogP contribution in [0, 0.1) is 13.8 Å². The number of rotatable bonds is 5. The molecule has 5 nitrogen and oxygen atoms in total. The Morgan fingerprint density at radius 2 is 1.82 bits per heavy atom. The van der Waals surface area contributed by atoms with Crippen LogP contribution in [0.1, 0.15) is 35.3 Å². The minimum Gasteiger partial charge on any atom is -0.422 e. The highest BCUT2D eigenvalue weighted by Gasteiger charge is 2.17. The molecule has 0 saturated carbocycles. The topological polar surface area (TPSA) is 62.6 Å². The summed E-state index contributed by atoms with van der Waals surface area (Å²) in [7, 11) is 0. The minimum absolute atomic E-state index is 0.0186. The van der Waals surface area contributed by atoms with Gasteiger partial charge in [0.15, 0.2) is 0 Å². The Morgan fingerprint density at radius 3 is 2.46 bits per heavy atom. The minimum atomic E-state index is -0.650. The molecule has 0 fully saturated rings. The molecular formula is C22H23BrN2O3. The fraction of sp³-hybridized carbons (Fsp3) is 0.273. The van der Waals surface area contributed by atoms with Crippen molar-refractivity contribution in [3.8, 4) is 0 Å². The summed E-state index contributed by atoms with van der Waals surface area (Å²) < 4.78 is 6.23. The fourth-order valence-electron chi connectivity index (χ4n) is 3.30. The number of benzene rings is 2. The number of amides is 1. The van der Waals surface area contributed by atoms with Gasteiger partial charge in [0.2, 0.25) is 0 Å². The predicted molar refractivity (Wildman–Crippen MR) is 118 cm³/mol. The van der Waals surface area contributed by atoms with Crippen molar-refractivity contribution in [3.63, 3.8) is 0 Å². The van der Waals surface area contributed by atoms with Crippen molar-refractivity contribution in [2.75, 3.05) is 23.3 Å². The Bertz CT molecular complexity index is 1080. The van der Waals surface area contributed by atoms with Gasteiger partial charge < -0.3 is 14.6 Å². The molecule has 1 aromatic heterocycles. The summed E-state index contributed by atoms with van der Waals surface area (Å²) in [6, 6.07) is 11.2. The molecule has 0 radical (unpaired) electrons. The van der Waals surface area contributed by atoms with E-state index in [2.05, 4.69) is 40.0 Å². The second-order valence-corrected chi connectivity index (χ2v) is 7.59. The van der Waals surface area contributed by atoms with E-state index >= 15 is 0 Å². The summed E-state index contributed by atoms with van der Waals surface area (Å²) in [4.78, 5) is 27.4. The van der Waals surface area contributed by atoms with Crippen molar-refractivity contribution in [3.05, 3.63) is 68.0 Å². The van der Waals surface area contributed by atoms with Crippen LogP contribution >= 0.6 is 15.9 Å². The van der Waals surface area contributed by atoms with Crippen LogP contribution in [0.4, 0.5) is 11.4 Å². The monoisotopic (exact) mass is 442 g/mol. The van der Waals surface area contributed by atoms with E-state index in [1.807, 2.05) is 44.2 Å². The van der Waals surface area contributed by atoms with Crippen LogP contribution in [0.5, 0.6) is 0 Å². The lowest BCUT2D eigenvalue weighted by Crippen LogP contribution is -2.22. The van der Waals surface area contributed by atoms with Gasteiger partial charge in [0.05, 0.1) is 5.69 Å². The van der Waals surface area contributed by atoms with Crippen LogP contribution in [0.2, 0.25) is 0 Å². The SMILES string of the molecule is CCN(CC)c1ccc2cc(C(=O)Nc3c(C)cc(C)cc3Br)c(=O)oc2c1. The highest BCUT2D eigenvalue weighted by molar-refractivity contribution is 9.10. The van der Waals surface area contributed by atoms with E-state index in [1.165, 1.54) is 0 Å². The molecule has 0 aliphatic rings. The van der Waals surface area contributed by atoms with Gasteiger partial charge in [-0.15, -0.1) is 0 Å². The van der Waals surface area contributed by atoms with E-state index in [4.69, 9.17) is 4.42 Å². The third-order valence-electron chi connectivity index (χ3n) is 4.76. The highest BCUT2D eigenvalue weighted by Crippen LogP contribution is 2.28. The number of halogens is 1. The number of anilines is 2. The normalized spacial score (nSPS) is 10.9.